The number of methoxy groups -OCH3 is 2. The molecule has 7 nitrogen and oxygen atoms in total. The molecule has 0 aliphatic carbocycles. The monoisotopic (exact) mass is 398 g/mol. The second kappa shape index (κ2) is 9.56. The summed E-state index contributed by atoms with van der Waals surface area (Å²) in [7, 11) is 2.95. The van der Waals surface area contributed by atoms with Crippen LogP contribution < -0.4 is 10.1 Å². The number of esters is 1. The second-order valence-electron chi connectivity index (χ2n) is 6.78. The van der Waals surface area contributed by atoms with Gasteiger partial charge in [0, 0.05) is 29.6 Å². The molecule has 0 spiro atoms. The standard InChI is InChI=1S/C22H26N2O5/c1-14-9-17-16(12-23-18(17)11-20(14)27-2)10-19(21(25)28-3)24-22(26)29-13-15-7-5-4-6-8-15/h4-9,11-12,19,22-24,26H,10,13H2,1-3H3/t19-,22?/m0/s1. The zero-order chi connectivity index (χ0) is 20.8. The third-order valence-electron chi connectivity index (χ3n) is 4.79. The second-order valence-corrected chi connectivity index (χ2v) is 6.78. The molecule has 0 saturated heterocycles. The number of carbonyl (C=O) groups excluding carboxylic acids is 1. The average Bonchev–Trinajstić information content (AvgIpc) is 3.12. The largest absolute Gasteiger partial charge is 0.496 e. The Morgan fingerprint density at radius 3 is 2.66 bits per heavy atom. The Kier molecular flexibility index (Phi) is 6.87. The molecular weight excluding hydrogens is 372 g/mol. The lowest BCUT2D eigenvalue weighted by atomic mass is 10.0. The maximum atomic E-state index is 12.3. The van der Waals surface area contributed by atoms with E-state index in [-0.39, 0.29) is 6.61 Å². The first kappa shape index (κ1) is 20.9. The number of aliphatic hydroxyl groups excluding tert-OH is 1. The molecule has 0 aliphatic rings. The van der Waals surface area contributed by atoms with Crippen molar-refractivity contribution in [1.29, 1.82) is 0 Å². The van der Waals surface area contributed by atoms with Gasteiger partial charge < -0.3 is 24.3 Å². The summed E-state index contributed by atoms with van der Waals surface area (Å²) in [5.41, 5.74) is 3.74. The summed E-state index contributed by atoms with van der Waals surface area (Å²) in [6.45, 7) is 2.18. The molecule has 29 heavy (non-hydrogen) atoms. The SMILES string of the molecule is COC(=O)[C@H](Cc1c[nH]c2cc(OC)c(C)cc12)NC(O)OCc1ccccc1. The molecule has 3 rings (SSSR count). The van der Waals surface area contributed by atoms with Crippen LogP contribution in [-0.4, -0.2) is 42.7 Å². The quantitative estimate of drug-likeness (QED) is 0.379. The third kappa shape index (κ3) is 5.14. The van der Waals surface area contributed by atoms with E-state index in [1.54, 1.807) is 7.11 Å². The first-order valence-corrected chi connectivity index (χ1v) is 9.34. The lowest BCUT2D eigenvalue weighted by molar-refractivity contribution is -0.157. The molecule has 2 atom stereocenters. The predicted molar refractivity (Wildman–Crippen MR) is 109 cm³/mol. The van der Waals surface area contributed by atoms with E-state index in [2.05, 4.69) is 10.3 Å². The van der Waals surface area contributed by atoms with Crippen LogP contribution in [-0.2, 0) is 27.3 Å². The van der Waals surface area contributed by atoms with E-state index in [9.17, 15) is 9.90 Å². The smallest absolute Gasteiger partial charge is 0.323 e. The number of carbonyl (C=O) groups is 1. The number of aromatic nitrogens is 1. The first-order valence-electron chi connectivity index (χ1n) is 9.34. The van der Waals surface area contributed by atoms with Gasteiger partial charge in [0.1, 0.15) is 11.8 Å². The van der Waals surface area contributed by atoms with Crippen molar-refractivity contribution in [3.05, 3.63) is 65.4 Å². The van der Waals surface area contributed by atoms with E-state index in [1.165, 1.54) is 7.11 Å². The van der Waals surface area contributed by atoms with Gasteiger partial charge in [-0.2, -0.15) is 0 Å². The summed E-state index contributed by atoms with van der Waals surface area (Å²) in [6, 6.07) is 12.6. The van der Waals surface area contributed by atoms with Gasteiger partial charge in [0.15, 0.2) is 0 Å². The van der Waals surface area contributed by atoms with Crippen LogP contribution in [0.1, 0.15) is 16.7 Å². The number of hydrogen-bond donors (Lipinski definition) is 3. The maximum Gasteiger partial charge on any atom is 0.323 e. The van der Waals surface area contributed by atoms with Crippen molar-refractivity contribution in [3.63, 3.8) is 0 Å². The van der Waals surface area contributed by atoms with Gasteiger partial charge in [-0.1, -0.05) is 30.3 Å². The molecule has 1 unspecified atom stereocenters. The topological polar surface area (TPSA) is 92.8 Å². The molecule has 2 aromatic carbocycles. The van der Waals surface area contributed by atoms with Gasteiger partial charge in [-0.25, -0.2) is 0 Å². The summed E-state index contributed by atoms with van der Waals surface area (Å²) in [5, 5.41) is 14.0. The van der Waals surface area contributed by atoms with E-state index < -0.39 is 18.4 Å². The van der Waals surface area contributed by atoms with Crippen molar-refractivity contribution in [1.82, 2.24) is 10.3 Å². The van der Waals surface area contributed by atoms with E-state index in [4.69, 9.17) is 14.2 Å². The number of H-pyrrole nitrogens is 1. The van der Waals surface area contributed by atoms with E-state index in [0.29, 0.717) is 6.42 Å². The van der Waals surface area contributed by atoms with Gasteiger partial charge in [-0.05, 0) is 29.7 Å². The minimum Gasteiger partial charge on any atom is -0.496 e. The van der Waals surface area contributed by atoms with Crippen LogP contribution in [0.25, 0.3) is 10.9 Å². The Morgan fingerprint density at radius 2 is 1.97 bits per heavy atom. The highest BCUT2D eigenvalue weighted by molar-refractivity contribution is 5.86. The number of rotatable bonds is 9. The minimum absolute atomic E-state index is 0.217. The number of benzene rings is 2. The van der Waals surface area contributed by atoms with E-state index in [0.717, 1.165) is 33.3 Å². The normalized spacial score (nSPS) is 13.2. The van der Waals surface area contributed by atoms with Crippen molar-refractivity contribution in [2.24, 2.45) is 0 Å². The van der Waals surface area contributed by atoms with Gasteiger partial charge >= 0.3 is 5.97 Å². The number of aromatic amines is 1. The average molecular weight is 398 g/mol. The summed E-state index contributed by atoms with van der Waals surface area (Å²) >= 11 is 0. The fourth-order valence-electron chi connectivity index (χ4n) is 3.25. The Morgan fingerprint density at radius 1 is 1.21 bits per heavy atom. The zero-order valence-electron chi connectivity index (χ0n) is 16.8. The molecule has 0 saturated carbocycles. The number of hydrogen-bond acceptors (Lipinski definition) is 6. The third-order valence-corrected chi connectivity index (χ3v) is 4.79. The van der Waals surface area contributed by atoms with E-state index in [1.807, 2.05) is 55.6 Å². The van der Waals surface area contributed by atoms with Crippen molar-refractivity contribution in [2.75, 3.05) is 14.2 Å². The number of aryl methyl sites for hydroxylation is 1. The van der Waals surface area contributed by atoms with Crippen LogP contribution in [0.4, 0.5) is 0 Å². The molecule has 3 N–H and O–H groups in total. The Balaban J connectivity index is 1.71. The Bertz CT molecular complexity index is 954. The summed E-state index contributed by atoms with van der Waals surface area (Å²) in [6.07, 6.45) is 0.856. The van der Waals surface area contributed by atoms with Crippen molar-refractivity contribution in [2.45, 2.75) is 32.4 Å². The van der Waals surface area contributed by atoms with Crippen LogP contribution in [0.3, 0.4) is 0 Å². The molecule has 7 heteroatoms. The van der Waals surface area contributed by atoms with Crippen molar-refractivity contribution in [3.8, 4) is 5.75 Å². The van der Waals surface area contributed by atoms with Gasteiger partial charge in [0.05, 0.1) is 20.8 Å². The molecule has 3 aromatic rings. The van der Waals surface area contributed by atoms with E-state index >= 15 is 0 Å². The number of fused-ring (bicyclic) bond motifs is 1. The molecule has 0 fully saturated rings. The number of aliphatic hydroxyl groups is 1. The first-order chi connectivity index (χ1) is 14.0. The number of nitrogens with one attached hydrogen (secondary N) is 2. The molecule has 1 aromatic heterocycles. The molecule has 0 radical (unpaired) electrons. The van der Waals surface area contributed by atoms with Crippen LogP contribution in [0.5, 0.6) is 5.75 Å². The molecule has 0 bridgehead atoms. The van der Waals surface area contributed by atoms with Gasteiger partial charge in [0.25, 0.3) is 0 Å². The number of ether oxygens (including phenoxy) is 3. The zero-order valence-corrected chi connectivity index (χ0v) is 16.8. The highest BCUT2D eigenvalue weighted by Crippen LogP contribution is 2.28. The molecular formula is C22H26N2O5. The fourth-order valence-corrected chi connectivity index (χ4v) is 3.25. The molecule has 0 amide bonds. The predicted octanol–water partition coefficient (Wildman–Crippen LogP) is 2.65. The summed E-state index contributed by atoms with van der Waals surface area (Å²) in [5.74, 6) is 0.310. The minimum atomic E-state index is -1.31. The van der Waals surface area contributed by atoms with Crippen molar-refractivity contribution < 1.29 is 24.1 Å². The lowest BCUT2D eigenvalue weighted by Crippen LogP contribution is -2.46. The lowest BCUT2D eigenvalue weighted by Gasteiger charge is -2.21. The maximum absolute atomic E-state index is 12.3. The van der Waals surface area contributed by atoms with Gasteiger partial charge in [-0.3, -0.25) is 10.1 Å². The fraction of sp³-hybridized carbons (Fsp3) is 0.318. The van der Waals surface area contributed by atoms with Crippen LogP contribution in [0.15, 0.2) is 48.7 Å². The summed E-state index contributed by atoms with van der Waals surface area (Å²) < 4.78 is 15.7. The Hall–Kier alpha value is -2.87. The highest BCUT2D eigenvalue weighted by atomic mass is 16.6. The molecule has 1 heterocycles. The van der Waals surface area contributed by atoms with Gasteiger partial charge in [-0.15, -0.1) is 0 Å². The summed E-state index contributed by atoms with van der Waals surface area (Å²) in [4.78, 5) is 15.5. The molecule has 154 valence electrons. The van der Waals surface area contributed by atoms with Gasteiger partial charge in [0.2, 0.25) is 6.41 Å². The van der Waals surface area contributed by atoms with Crippen molar-refractivity contribution >= 4 is 16.9 Å². The highest BCUT2D eigenvalue weighted by Gasteiger charge is 2.24. The Labute approximate surface area is 169 Å². The van der Waals surface area contributed by atoms with Crippen LogP contribution in [0.2, 0.25) is 0 Å². The molecule has 0 aliphatic heterocycles. The van der Waals surface area contributed by atoms with Crippen LogP contribution in [0, 0.1) is 6.92 Å². The van der Waals surface area contributed by atoms with Crippen LogP contribution >= 0.6 is 0 Å².